The predicted octanol–water partition coefficient (Wildman–Crippen LogP) is 3.53. The Morgan fingerprint density at radius 3 is 2.83 bits per heavy atom. The summed E-state index contributed by atoms with van der Waals surface area (Å²) in [6.07, 6.45) is 3.36. The number of rotatable bonds is 5. The Morgan fingerprint density at radius 2 is 2.22 bits per heavy atom. The van der Waals surface area contributed by atoms with Crippen LogP contribution in [0.15, 0.2) is 43.0 Å². The van der Waals surface area contributed by atoms with Crippen molar-refractivity contribution < 1.29 is 9.53 Å². The zero-order valence-electron chi connectivity index (χ0n) is 10.7. The molecule has 1 amide bonds. The van der Waals surface area contributed by atoms with E-state index in [2.05, 4.69) is 13.5 Å². The third-order valence-corrected chi connectivity index (χ3v) is 3.40. The molecule has 1 aromatic rings. The summed E-state index contributed by atoms with van der Waals surface area (Å²) < 4.78 is 5.21. The molecule has 1 heterocycles. The summed E-state index contributed by atoms with van der Waals surface area (Å²) in [4.78, 5) is 13.8. The summed E-state index contributed by atoms with van der Waals surface area (Å²) in [6.45, 7) is 6.29. The van der Waals surface area contributed by atoms with Crippen molar-refractivity contribution >= 4 is 6.09 Å². The van der Waals surface area contributed by atoms with E-state index in [0.717, 1.165) is 18.4 Å². The van der Waals surface area contributed by atoms with Crippen molar-refractivity contribution in [1.29, 1.82) is 0 Å². The lowest BCUT2D eigenvalue weighted by Gasteiger charge is -2.29. The molecule has 0 unspecified atom stereocenters. The number of benzene rings is 1. The maximum atomic E-state index is 11.9. The SMILES string of the molecule is C=CC[C@H](CC)N1C(=O)OC[C@H]1c1ccccc1. The molecule has 1 aromatic carbocycles. The molecular formula is C15H19NO2. The molecule has 0 radical (unpaired) electrons. The number of hydrogen-bond donors (Lipinski definition) is 0. The van der Waals surface area contributed by atoms with E-state index in [4.69, 9.17) is 4.74 Å². The predicted molar refractivity (Wildman–Crippen MR) is 71.3 cm³/mol. The summed E-state index contributed by atoms with van der Waals surface area (Å²) in [5, 5.41) is 0. The van der Waals surface area contributed by atoms with Crippen molar-refractivity contribution in [2.45, 2.75) is 31.8 Å². The Hall–Kier alpha value is -1.77. The smallest absolute Gasteiger partial charge is 0.410 e. The van der Waals surface area contributed by atoms with Crippen molar-refractivity contribution in [3.8, 4) is 0 Å². The molecule has 2 atom stereocenters. The van der Waals surface area contributed by atoms with Gasteiger partial charge < -0.3 is 4.74 Å². The van der Waals surface area contributed by atoms with Gasteiger partial charge in [-0.05, 0) is 18.4 Å². The first-order valence-electron chi connectivity index (χ1n) is 6.38. The largest absolute Gasteiger partial charge is 0.447 e. The fourth-order valence-corrected chi connectivity index (χ4v) is 2.44. The number of nitrogens with zero attached hydrogens (tertiary/aromatic N) is 1. The van der Waals surface area contributed by atoms with E-state index in [1.165, 1.54) is 0 Å². The topological polar surface area (TPSA) is 29.5 Å². The quantitative estimate of drug-likeness (QED) is 0.743. The van der Waals surface area contributed by atoms with E-state index in [-0.39, 0.29) is 18.2 Å². The minimum atomic E-state index is -0.211. The number of carbonyl (C=O) groups is 1. The van der Waals surface area contributed by atoms with Gasteiger partial charge in [-0.3, -0.25) is 4.90 Å². The molecule has 1 saturated heterocycles. The number of amides is 1. The van der Waals surface area contributed by atoms with Gasteiger partial charge in [0.25, 0.3) is 0 Å². The van der Waals surface area contributed by atoms with Crippen LogP contribution < -0.4 is 0 Å². The van der Waals surface area contributed by atoms with Gasteiger partial charge in [0, 0.05) is 6.04 Å². The van der Waals surface area contributed by atoms with Crippen molar-refractivity contribution in [2.75, 3.05) is 6.61 Å². The van der Waals surface area contributed by atoms with Crippen molar-refractivity contribution in [1.82, 2.24) is 4.90 Å². The molecule has 2 rings (SSSR count). The highest BCUT2D eigenvalue weighted by Gasteiger charge is 2.37. The zero-order chi connectivity index (χ0) is 13.0. The van der Waals surface area contributed by atoms with Crippen LogP contribution in [-0.4, -0.2) is 23.6 Å². The molecule has 0 saturated carbocycles. The minimum Gasteiger partial charge on any atom is -0.447 e. The zero-order valence-corrected chi connectivity index (χ0v) is 10.7. The van der Waals surface area contributed by atoms with Gasteiger partial charge in [-0.2, -0.15) is 0 Å². The van der Waals surface area contributed by atoms with E-state index < -0.39 is 0 Å². The maximum absolute atomic E-state index is 11.9. The lowest BCUT2D eigenvalue weighted by molar-refractivity contribution is 0.143. The monoisotopic (exact) mass is 245 g/mol. The van der Waals surface area contributed by atoms with E-state index in [1.807, 2.05) is 41.3 Å². The van der Waals surface area contributed by atoms with Gasteiger partial charge in [0.2, 0.25) is 0 Å². The van der Waals surface area contributed by atoms with Crippen LogP contribution in [-0.2, 0) is 4.74 Å². The van der Waals surface area contributed by atoms with E-state index in [9.17, 15) is 4.79 Å². The normalized spacial score (nSPS) is 20.6. The summed E-state index contributed by atoms with van der Waals surface area (Å²) in [6, 6.07) is 10.2. The molecule has 3 nitrogen and oxygen atoms in total. The molecule has 0 bridgehead atoms. The van der Waals surface area contributed by atoms with Crippen molar-refractivity contribution in [2.24, 2.45) is 0 Å². The molecule has 0 aliphatic carbocycles. The standard InChI is InChI=1S/C15H19NO2/c1-3-8-13(4-2)16-14(11-18-15(16)17)12-9-6-5-7-10-12/h3,5-7,9-10,13-14H,1,4,8,11H2,2H3/t13-,14-/m0/s1. The van der Waals surface area contributed by atoms with Crippen LogP contribution in [0.5, 0.6) is 0 Å². The number of ether oxygens (including phenoxy) is 1. The Balaban J connectivity index is 2.24. The van der Waals surface area contributed by atoms with Crippen molar-refractivity contribution in [3.63, 3.8) is 0 Å². The van der Waals surface area contributed by atoms with Crippen LogP contribution >= 0.6 is 0 Å². The average molecular weight is 245 g/mol. The number of cyclic esters (lactones) is 1. The molecule has 1 aliphatic heterocycles. The Kier molecular flexibility index (Phi) is 4.03. The highest BCUT2D eigenvalue weighted by Crippen LogP contribution is 2.31. The summed E-state index contributed by atoms with van der Waals surface area (Å²) in [7, 11) is 0. The molecule has 3 heteroatoms. The first-order chi connectivity index (χ1) is 8.77. The van der Waals surface area contributed by atoms with Crippen molar-refractivity contribution in [3.05, 3.63) is 48.6 Å². The molecule has 1 aliphatic rings. The second kappa shape index (κ2) is 5.71. The van der Waals surface area contributed by atoms with Crippen LogP contribution in [0.4, 0.5) is 4.79 Å². The Morgan fingerprint density at radius 1 is 1.50 bits per heavy atom. The molecule has 0 aromatic heterocycles. The molecule has 1 fully saturated rings. The third kappa shape index (κ3) is 2.40. The maximum Gasteiger partial charge on any atom is 0.410 e. The van der Waals surface area contributed by atoms with Gasteiger partial charge in [-0.1, -0.05) is 43.3 Å². The highest BCUT2D eigenvalue weighted by molar-refractivity contribution is 5.71. The fraction of sp³-hybridized carbons (Fsp3) is 0.400. The second-order valence-corrected chi connectivity index (χ2v) is 4.50. The van der Waals surface area contributed by atoms with Crippen LogP contribution in [0, 0.1) is 0 Å². The van der Waals surface area contributed by atoms with E-state index in [0.29, 0.717) is 6.61 Å². The third-order valence-electron chi connectivity index (χ3n) is 3.40. The Bertz CT molecular complexity index is 416. The first kappa shape index (κ1) is 12.7. The summed E-state index contributed by atoms with van der Waals surface area (Å²) >= 11 is 0. The Labute approximate surface area is 108 Å². The van der Waals surface area contributed by atoms with Gasteiger partial charge in [-0.15, -0.1) is 6.58 Å². The fourth-order valence-electron chi connectivity index (χ4n) is 2.44. The minimum absolute atomic E-state index is 0.0311. The lowest BCUT2D eigenvalue weighted by Crippen LogP contribution is -2.37. The van der Waals surface area contributed by atoms with E-state index >= 15 is 0 Å². The van der Waals surface area contributed by atoms with Gasteiger partial charge >= 0.3 is 6.09 Å². The van der Waals surface area contributed by atoms with Gasteiger partial charge in [-0.25, -0.2) is 4.79 Å². The first-order valence-corrected chi connectivity index (χ1v) is 6.38. The van der Waals surface area contributed by atoms with Crippen LogP contribution in [0.25, 0.3) is 0 Å². The molecule has 18 heavy (non-hydrogen) atoms. The van der Waals surface area contributed by atoms with Crippen LogP contribution in [0.2, 0.25) is 0 Å². The summed E-state index contributed by atoms with van der Waals surface area (Å²) in [5.74, 6) is 0. The van der Waals surface area contributed by atoms with Gasteiger partial charge in [0.05, 0.1) is 6.04 Å². The van der Waals surface area contributed by atoms with Gasteiger partial charge in [0.15, 0.2) is 0 Å². The van der Waals surface area contributed by atoms with Crippen LogP contribution in [0.1, 0.15) is 31.4 Å². The average Bonchev–Trinajstić information content (AvgIpc) is 2.79. The highest BCUT2D eigenvalue weighted by atomic mass is 16.6. The lowest BCUT2D eigenvalue weighted by atomic mass is 10.0. The second-order valence-electron chi connectivity index (χ2n) is 4.50. The molecule has 96 valence electrons. The summed E-state index contributed by atoms with van der Waals surface area (Å²) in [5.41, 5.74) is 1.13. The molecular weight excluding hydrogens is 226 g/mol. The molecule has 0 spiro atoms. The van der Waals surface area contributed by atoms with E-state index in [1.54, 1.807) is 0 Å². The van der Waals surface area contributed by atoms with Crippen LogP contribution in [0.3, 0.4) is 0 Å². The van der Waals surface area contributed by atoms with Gasteiger partial charge in [0.1, 0.15) is 6.61 Å². The number of carbonyl (C=O) groups excluding carboxylic acids is 1. The molecule has 0 N–H and O–H groups in total. The number of hydrogen-bond acceptors (Lipinski definition) is 2.